The van der Waals surface area contributed by atoms with E-state index in [0.29, 0.717) is 42.2 Å². The van der Waals surface area contributed by atoms with E-state index in [1.165, 1.54) is 4.80 Å². The Labute approximate surface area is 190 Å². The maximum atomic E-state index is 12.4. The molecular formula is C24H21N7O2. The van der Waals surface area contributed by atoms with Crippen LogP contribution < -0.4 is 10.1 Å². The number of hydrogen-bond acceptors (Lipinski definition) is 7. The molecule has 164 valence electrons. The molecule has 9 heteroatoms. The predicted molar refractivity (Wildman–Crippen MR) is 121 cm³/mol. The van der Waals surface area contributed by atoms with Crippen molar-refractivity contribution in [1.29, 1.82) is 5.26 Å². The summed E-state index contributed by atoms with van der Waals surface area (Å²) in [7, 11) is 0. The molecule has 1 N–H and O–H groups in total. The second-order valence-corrected chi connectivity index (χ2v) is 7.27. The Balaban J connectivity index is 1.29. The van der Waals surface area contributed by atoms with Crippen molar-refractivity contribution in [2.75, 3.05) is 5.32 Å². The third-order valence-electron chi connectivity index (χ3n) is 4.82. The summed E-state index contributed by atoms with van der Waals surface area (Å²) in [4.78, 5) is 18.0. The lowest BCUT2D eigenvalue weighted by Gasteiger charge is -2.11. The van der Waals surface area contributed by atoms with E-state index in [2.05, 4.69) is 25.7 Å². The van der Waals surface area contributed by atoms with Crippen LogP contribution in [0.5, 0.6) is 11.6 Å². The summed E-state index contributed by atoms with van der Waals surface area (Å²) in [5, 5.41) is 24.5. The van der Waals surface area contributed by atoms with Crippen LogP contribution in [0.3, 0.4) is 0 Å². The number of ether oxygens (including phenoxy) is 1. The van der Waals surface area contributed by atoms with Crippen LogP contribution in [0.4, 0.5) is 5.69 Å². The van der Waals surface area contributed by atoms with Gasteiger partial charge in [0.05, 0.1) is 6.54 Å². The Morgan fingerprint density at radius 1 is 1.15 bits per heavy atom. The normalized spacial score (nSPS) is 10.4. The van der Waals surface area contributed by atoms with Crippen LogP contribution in [0.25, 0.3) is 11.4 Å². The Morgan fingerprint density at radius 3 is 2.79 bits per heavy atom. The Bertz CT molecular complexity index is 1300. The topological polar surface area (TPSA) is 119 Å². The number of carbonyl (C=O) groups is 1. The first kappa shape index (κ1) is 21.6. The molecule has 0 saturated heterocycles. The zero-order valence-electron chi connectivity index (χ0n) is 18.0. The first-order valence-corrected chi connectivity index (χ1v) is 10.4. The Morgan fingerprint density at radius 2 is 2.00 bits per heavy atom. The van der Waals surface area contributed by atoms with Crippen LogP contribution in [-0.4, -0.2) is 31.1 Å². The van der Waals surface area contributed by atoms with Gasteiger partial charge in [0.25, 0.3) is 0 Å². The number of hydrogen-bond donors (Lipinski definition) is 1. The quantitative estimate of drug-likeness (QED) is 0.438. The number of pyridine rings is 1. The van der Waals surface area contributed by atoms with Crippen LogP contribution in [0.1, 0.15) is 24.0 Å². The lowest BCUT2D eigenvalue weighted by molar-refractivity contribution is -0.116. The van der Waals surface area contributed by atoms with Gasteiger partial charge in [0.1, 0.15) is 17.4 Å². The van der Waals surface area contributed by atoms with Crippen LogP contribution in [0, 0.1) is 18.3 Å². The van der Waals surface area contributed by atoms with Crippen LogP contribution in [0.2, 0.25) is 0 Å². The highest BCUT2D eigenvalue weighted by molar-refractivity contribution is 5.91. The summed E-state index contributed by atoms with van der Waals surface area (Å²) in [6.07, 6.45) is 2.46. The van der Waals surface area contributed by atoms with Gasteiger partial charge in [-0.1, -0.05) is 30.3 Å². The molecule has 0 spiro atoms. The van der Waals surface area contributed by atoms with Gasteiger partial charge in [0.2, 0.25) is 17.6 Å². The molecule has 0 unspecified atom stereocenters. The average Bonchev–Trinajstić information content (AvgIpc) is 3.31. The van der Waals surface area contributed by atoms with Crippen molar-refractivity contribution in [2.45, 2.75) is 26.3 Å². The van der Waals surface area contributed by atoms with E-state index in [4.69, 9.17) is 10.00 Å². The van der Waals surface area contributed by atoms with Crippen molar-refractivity contribution in [2.24, 2.45) is 0 Å². The number of rotatable bonds is 8. The number of tetrazole rings is 1. The van der Waals surface area contributed by atoms with Gasteiger partial charge >= 0.3 is 0 Å². The average molecular weight is 439 g/mol. The molecule has 0 atom stereocenters. The molecule has 2 aromatic carbocycles. The first-order chi connectivity index (χ1) is 16.1. The standard InChI is InChI=1S/C24H21N7O2/c1-17-15-20(33-24-19(16-25)9-5-13-26-24)11-12-21(17)27-22(32)10-6-14-31-29-23(28-30-31)18-7-3-2-4-8-18/h2-5,7-9,11-13,15H,6,10,14H2,1H3,(H,27,32). The van der Waals surface area contributed by atoms with Gasteiger partial charge in [-0.25, -0.2) is 4.98 Å². The fraction of sp³-hybridized carbons (Fsp3) is 0.167. The molecule has 0 saturated carbocycles. The van der Waals surface area contributed by atoms with E-state index in [9.17, 15) is 4.79 Å². The van der Waals surface area contributed by atoms with Crippen LogP contribution in [-0.2, 0) is 11.3 Å². The lowest BCUT2D eigenvalue weighted by Crippen LogP contribution is -2.14. The van der Waals surface area contributed by atoms with E-state index in [1.807, 2.05) is 43.3 Å². The van der Waals surface area contributed by atoms with Gasteiger partial charge < -0.3 is 10.1 Å². The molecule has 9 nitrogen and oxygen atoms in total. The summed E-state index contributed by atoms with van der Waals surface area (Å²) >= 11 is 0. The van der Waals surface area contributed by atoms with Gasteiger partial charge in [0, 0.05) is 23.9 Å². The Hall–Kier alpha value is -4.58. The number of nitriles is 1. The molecule has 0 aliphatic rings. The van der Waals surface area contributed by atoms with Crippen molar-refractivity contribution >= 4 is 11.6 Å². The first-order valence-electron chi connectivity index (χ1n) is 10.4. The number of anilines is 1. The highest BCUT2D eigenvalue weighted by Gasteiger charge is 2.10. The number of benzene rings is 2. The fourth-order valence-corrected chi connectivity index (χ4v) is 3.14. The summed E-state index contributed by atoms with van der Waals surface area (Å²) in [6.45, 7) is 2.36. The largest absolute Gasteiger partial charge is 0.438 e. The summed E-state index contributed by atoms with van der Waals surface area (Å²) < 4.78 is 5.72. The van der Waals surface area contributed by atoms with Crippen molar-refractivity contribution in [1.82, 2.24) is 25.2 Å². The monoisotopic (exact) mass is 439 g/mol. The zero-order valence-corrected chi connectivity index (χ0v) is 18.0. The minimum absolute atomic E-state index is 0.105. The second-order valence-electron chi connectivity index (χ2n) is 7.27. The van der Waals surface area contributed by atoms with E-state index in [1.54, 1.807) is 36.5 Å². The van der Waals surface area contributed by atoms with Gasteiger partial charge in [-0.05, 0) is 54.5 Å². The van der Waals surface area contributed by atoms with Crippen molar-refractivity contribution in [3.63, 3.8) is 0 Å². The predicted octanol–water partition coefficient (Wildman–Crippen LogP) is 4.13. The minimum Gasteiger partial charge on any atom is -0.438 e. The van der Waals surface area contributed by atoms with Gasteiger partial charge in [0.15, 0.2) is 0 Å². The second kappa shape index (κ2) is 10.2. The molecule has 0 fully saturated rings. The number of amides is 1. The van der Waals surface area contributed by atoms with E-state index < -0.39 is 0 Å². The highest BCUT2D eigenvalue weighted by Crippen LogP contribution is 2.26. The molecule has 2 aromatic heterocycles. The SMILES string of the molecule is Cc1cc(Oc2ncccc2C#N)ccc1NC(=O)CCCn1nnc(-c2ccccc2)n1. The lowest BCUT2D eigenvalue weighted by atomic mass is 10.2. The third-order valence-corrected chi connectivity index (χ3v) is 4.82. The molecule has 0 radical (unpaired) electrons. The van der Waals surface area contributed by atoms with Crippen molar-refractivity contribution < 1.29 is 9.53 Å². The summed E-state index contributed by atoms with van der Waals surface area (Å²) in [6, 6.07) is 20.3. The molecular weight excluding hydrogens is 418 g/mol. The molecule has 4 aromatic rings. The minimum atomic E-state index is -0.105. The number of aryl methyl sites for hydroxylation is 2. The molecule has 2 heterocycles. The Kier molecular flexibility index (Phi) is 6.66. The summed E-state index contributed by atoms with van der Waals surface area (Å²) in [5.41, 5.74) is 2.78. The maximum Gasteiger partial charge on any atom is 0.237 e. The number of carbonyl (C=O) groups excluding carboxylic acids is 1. The van der Waals surface area contributed by atoms with Gasteiger partial charge in [-0.15, -0.1) is 10.2 Å². The molecule has 0 aliphatic carbocycles. The number of nitrogens with zero attached hydrogens (tertiary/aromatic N) is 6. The molecule has 33 heavy (non-hydrogen) atoms. The van der Waals surface area contributed by atoms with E-state index in [-0.39, 0.29) is 11.8 Å². The zero-order chi connectivity index (χ0) is 23.0. The smallest absolute Gasteiger partial charge is 0.237 e. The van der Waals surface area contributed by atoms with E-state index in [0.717, 1.165) is 11.1 Å². The van der Waals surface area contributed by atoms with Crippen LogP contribution >= 0.6 is 0 Å². The van der Waals surface area contributed by atoms with Crippen LogP contribution in [0.15, 0.2) is 66.9 Å². The molecule has 0 bridgehead atoms. The summed E-state index contributed by atoms with van der Waals surface area (Å²) in [5.74, 6) is 1.23. The maximum absolute atomic E-state index is 12.4. The van der Waals surface area contributed by atoms with Gasteiger partial charge in [-0.3, -0.25) is 4.79 Å². The molecule has 0 aliphatic heterocycles. The number of nitrogens with one attached hydrogen (secondary N) is 1. The van der Waals surface area contributed by atoms with E-state index >= 15 is 0 Å². The third kappa shape index (κ3) is 5.57. The highest BCUT2D eigenvalue weighted by atomic mass is 16.5. The fourth-order valence-electron chi connectivity index (χ4n) is 3.14. The van der Waals surface area contributed by atoms with Crippen molar-refractivity contribution in [3.05, 3.63) is 78.0 Å². The molecule has 1 amide bonds. The van der Waals surface area contributed by atoms with Gasteiger partial charge in [-0.2, -0.15) is 10.1 Å². The number of aromatic nitrogens is 5. The molecule has 4 rings (SSSR count). The van der Waals surface area contributed by atoms with Crippen molar-refractivity contribution in [3.8, 4) is 29.1 Å².